The molecule has 0 aliphatic carbocycles. The van der Waals surface area contributed by atoms with Crippen LogP contribution >= 0.6 is 22.9 Å². The van der Waals surface area contributed by atoms with Crippen molar-refractivity contribution in [3.05, 3.63) is 69.6 Å². The Labute approximate surface area is 216 Å². The minimum absolute atomic E-state index is 0.0899. The molecule has 35 heavy (non-hydrogen) atoms. The monoisotopic (exact) mass is 513 g/mol. The van der Waals surface area contributed by atoms with Crippen LogP contribution in [0.4, 0.5) is 5.00 Å². The average molecular weight is 514 g/mol. The van der Waals surface area contributed by atoms with E-state index in [1.165, 1.54) is 16.9 Å². The number of ether oxygens (including phenoxy) is 2. The third-order valence-corrected chi connectivity index (χ3v) is 6.76. The lowest BCUT2D eigenvalue weighted by Crippen LogP contribution is -2.15. The van der Waals surface area contributed by atoms with Gasteiger partial charge in [0.25, 0.3) is 0 Å². The van der Waals surface area contributed by atoms with Gasteiger partial charge in [-0.3, -0.25) is 4.79 Å². The molecule has 0 radical (unpaired) electrons. The van der Waals surface area contributed by atoms with Crippen molar-refractivity contribution in [2.75, 3.05) is 18.5 Å². The Hall–Kier alpha value is -2.83. The Bertz CT molecular complexity index is 1160. The number of thiophene rings is 1. The van der Waals surface area contributed by atoms with E-state index in [2.05, 4.69) is 38.2 Å². The zero-order chi connectivity index (χ0) is 25.6. The Balaban J connectivity index is 1.64. The van der Waals surface area contributed by atoms with E-state index in [1.807, 2.05) is 31.2 Å². The summed E-state index contributed by atoms with van der Waals surface area (Å²) in [7, 11) is 0. The maximum absolute atomic E-state index is 12.8. The number of benzene rings is 2. The number of amides is 1. The number of carbonyl (C=O) groups excluding carboxylic acids is 2. The number of esters is 1. The molecule has 0 atom stereocenters. The van der Waals surface area contributed by atoms with Gasteiger partial charge in [-0.05, 0) is 61.1 Å². The van der Waals surface area contributed by atoms with Gasteiger partial charge in [0.05, 0.1) is 13.2 Å². The minimum atomic E-state index is -0.459. The van der Waals surface area contributed by atoms with Crippen LogP contribution in [-0.4, -0.2) is 25.1 Å². The van der Waals surface area contributed by atoms with Crippen molar-refractivity contribution in [2.24, 2.45) is 0 Å². The summed E-state index contributed by atoms with van der Waals surface area (Å²) in [4.78, 5) is 26.4. The molecule has 0 aliphatic heterocycles. The second kappa shape index (κ2) is 11.7. The highest BCUT2D eigenvalue weighted by atomic mass is 35.5. The van der Waals surface area contributed by atoms with Crippen molar-refractivity contribution in [2.45, 2.75) is 52.9 Å². The fourth-order valence-corrected chi connectivity index (χ4v) is 4.86. The number of nitrogens with one attached hydrogen (secondary N) is 1. The van der Waals surface area contributed by atoms with Crippen LogP contribution in [0.25, 0.3) is 11.1 Å². The van der Waals surface area contributed by atoms with Crippen LogP contribution in [0.15, 0.2) is 48.5 Å². The number of hydrogen-bond donors (Lipinski definition) is 1. The smallest absolute Gasteiger partial charge is 0.341 e. The van der Waals surface area contributed by atoms with Crippen molar-refractivity contribution in [1.82, 2.24) is 0 Å². The summed E-state index contributed by atoms with van der Waals surface area (Å²) in [5, 5.41) is 4.02. The van der Waals surface area contributed by atoms with Gasteiger partial charge in [0, 0.05) is 21.9 Å². The number of anilines is 1. The van der Waals surface area contributed by atoms with Gasteiger partial charge in [-0.1, -0.05) is 56.6 Å². The topological polar surface area (TPSA) is 64.6 Å². The zero-order valence-electron chi connectivity index (χ0n) is 20.9. The highest BCUT2D eigenvalue weighted by Gasteiger charge is 2.25. The molecule has 0 aliphatic rings. The molecular weight excluding hydrogens is 482 g/mol. The lowest BCUT2D eigenvalue weighted by Gasteiger charge is -2.19. The minimum Gasteiger partial charge on any atom is -0.494 e. The SMILES string of the molecule is CCOC(=O)c1c(NC(=O)CCCOc2ccc(C(C)(C)C)cc2)sc(C)c1-c1ccc(Cl)cc1. The summed E-state index contributed by atoms with van der Waals surface area (Å²) in [6, 6.07) is 15.3. The van der Waals surface area contributed by atoms with E-state index in [4.69, 9.17) is 21.1 Å². The Morgan fingerprint density at radius 1 is 1.03 bits per heavy atom. The quantitative estimate of drug-likeness (QED) is 0.236. The van der Waals surface area contributed by atoms with E-state index in [9.17, 15) is 9.59 Å². The van der Waals surface area contributed by atoms with Gasteiger partial charge in [0.2, 0.25) is 5.91 Å². The normalized spacial score (nSPS) is 11.3. The standard InChI is InChI=1S/C28H32ClNO4S/c1-6-33-27(32)25-24(19-9-13-21(29)14-10-19)18(2)35-26(25)30-23(31)8-7-17-34-22-15-11-20(12-16-22)28(3,4)5/h9-16H,6-8,17H2,1-5H3,(H,30,31). The van der Waals surface area contributed by atoms with Gasteiger partial charge < -0.3 is 14.8 Å². The van der Waals surface area contributed by atoms with Gasteiger partial charge in [-0.15, -0.1) is 11.3 Å². The van der Waals surface area contributed by atoms with E-state index in [-0.39, 0.29) is 24.3 Å². The van der Waals surface area contributed by atoms with E-state index >= 15 is 0 Å². The molecule has 7 heteroatoms. The Morgan fingerprint density at radius 2 is 1.69 bits per heavy atom. The number of rotatable bonds is 9. The molecule has 1 amide bonds. The van der Waals surface area contributed by atoms with Crippen molar-refractivity contribution in [3.63, 3.8) is 0 Å². The molecule has 186 valence electrons. The molecule has 0 unspecified atom stereocenters. The highest BCUT2D eigenvalue weighted by molar-refractivity contribution is 7.17. The van der Waals surface area contributed by atoms with Crippen LogP contribution in [-0.2, 0) is 14.9 Å². The van der Waals surface area contributed by atoms with Crippen LogP contribution < -0.4 is 10.1 Å². The summed E-state index contributed by atoms with van der Waals surface area (Å²) in [5.74, 6) is 0.148. The van der Waals surface area contributed by atoms with E-state index < -0.39 is 5.97 Å². The molecule has 0 bridgehead atoms. The molecule has 3 aromatic rings. The Morgan fingerprint density at radius 3 is 2.29 bits per heavy atom. The van der Waals surface area contributed by atoms with E-state index in [1.54, 1.807) is 19.1 Å². The van der Waals surface area contributed by atoms with Crippen LogP contribution in [0.3, 0.4) is 0 Å². The first kappa shape index (κ1) is 26.8. The number of hydrogen-bond acceptors (Lipinski definition) is 5. The lowest BCUT2D eigenvalue weighted by molar-refractivity contribution is -0.116. The van der Waals surface area contributed by atoms with Gasteiger partial charge in [-0.25, -0.2) is 4.79 Å². The van der Waals surface area contributed by atoms with Gasteiger partial charge >= 0.3 is 5.97 Å². The summed E-state index contributed by atoms with van der Waals surface area (Å²) in [6.07, 6.45) is 0.825. The van der Waals surface area contributed by atoms with E-state index in [0.717, 1.165) is 21.8 Å². The second-order valence-electron chi connectivity index (χ2n) is 9.24. The van der Waals surface area contributed by atoms with Crippen LogP contribution in [0, 0.1) is 6.92 Å². The largest absolute Gasteiger partial charge is 0.494 e. The number of halogens is 1. The van der Waals surface area contributed by atoms with Gasteiger partial charge in [0.15, 0.2) is 0 Å². The van der Waals surface area contributed by atoms with Gasteiger partial charge in [0.1, 0.15) is 16.3 Å². The molecule has 0 spiro atoms. The van der Waals surface area contributed by atoms with Crippen molar-refractivity contribution >= 4 is 39.8 Å². The molecule has 1 N–H and O–H groups in total. The van der Waals surface area contributed by atoms with Crippen molar-refractivity contribution < 1.29 is 19.1 Å². The van der Waals surface area contributed by atoms with Crippen molar-refractivity contribution in [1.29, 1.82) is 0 Å². The Kier molecular flexibility index (Phi) is 8.98. The highest BCUT2D eigenvalue weighted by Crippen LogP contribution is 2.40. The van der Waals surface area contributed by atoms with Gasteiger partial charge in [-0.2, -0.15) is 0 Å². The zero-order valence-corrected chi connectivity index (χ0v) is 22.4. The molecule has 5 nitrogen and oxygen atoms in total. The summed E-state index contributed by atoms with van der Waals surface area (Å²) < 4.78 is 11.1. The predicted molar refractivity (Wildman–Crippen MR) is 144 cm³/mol. The lowest BCUT2D eigenvalue weighted by atomic mass is 9.87. The van der Waals surface area contributed by atoms with Crippen molar-refractivity contribution in [3.8, 4) is 16.9 Å². The summed E-state index contributed by atoms with van der Waals surface area (Å²) >= 11 is 7.40. The maximum Gasteiger partial charge on any atom is 0.341 e. The fourth-order valence-electron chi connectivity index (χ4n) is 3.66. The first-order chi connectivity index (χ1) is 16.6. The van der Waals surface area contributed by atoms with Crippen LogP contribution in [0.1, 0.15) is 61.3 Å². The fraction of sp³-hybridized carbons (Fsp3) is 0.357. The second-order valence-corrected chi connectivity index (χ2v) is 10.9. The third kappa shape index (κ3) is 7.09. The van der Waals surface area contributed by atoms with Crippen LogP contribution in [0.2, 0.25) is 5.02 Å². The third-order valence-electron chi connectivity index (χ3n) is 5.49. The number of aryl methyl sites for hydroxylation is 1. The molecule has 0 saturated carbocycles. The maximum atomic E-state index is 12.8. The summed E-state index contributed by atoms with van der Waals surface area (Å²) in [5.41, 5.74) is 3.30. The predicted octanol–water partition coefficient (Wildman–Crippen LogP) is 7.65. The first-order valence-corrected chi connectivity index (χ1v) is 12.9. The summed E-state index contributed by atoms with van der Waals surface area (Å²) in [6.45, 7) is 10.9. The average Bonchev–Trinajstić information content (AvgIpc) is 3.12. The van der Waals surface area contributed by atoms with Crippen LogP contribution in [0.5, 0.6) is 5.75 Å². The molecule has 1 aromatic heterocycles. The molecule has 3 rings (SSSR count). The molecule has 0 fully saturated rings. The molecule has 1 heterocycles. The number of carbonyl (C=O) groups is 2. The molecular formula is C28H32ClNO4S. The first-order valence-electron chi connectivity index (χ1n) is 11.7. The van der Waals surface area contributed by atoms with E-state index in [0.29, 0.717) is 28.6 Å². The molecule has 2 aromatic carbocycles. The molecule has 0 saturated heterocycles.